The summed E-state index contributed by atoms with van der Waals surface area (Å²) >= 11 is 0. The lowest BCUT2D eigenvalue weighted by atomic mass is 9.87. The van der Waals surface area contributed by atoms with Crippen LogP contribution in [0.25, 0.3) is 0 Å². The smallest absolute Gasteiger partial charge is 0.308 e. The number of carboxylic acids is 1. The standard InChI is InChI=1S/C17H23NO3/c1-3-14(13-8-5-4-6-9-13)16(19)18-11-7-10-15(12(18)2)17(20)21/h4-6,8-9,12,14-15H,3,7,10-11H2,1-2H3,(H,20,21)/t12-,14?,15-/m0/s1. The van der Waals surface area contributed by atoms with Gasteiger partial charge in [-0.25, -0.2) is 0 Å². The molecule has 3 atom stereocenters. The van der Waals surface area contributed by atoms with Crippen molar-refractivity contribution in [2.45, 2.75) is 45.1 Å². The monoisotopic (exact) mass is 289 g/mol. The third-order valence-electron chi connectivity index (χ3n) is 4.50. The van der Waals surface area contributed by atoms with Gasteiger partial charge in [-0.3, -0.25) is 9.59 Å². The van der Waals surface area contributed by atoms with E-state index in [-0.39, 0.29) is 17.9 Å². The SMILES string of the molecule is CCC(C(=O)N1CCC[C@H](C(=O)O)[C@@H]1C)c1ccccc1. The first-order valence-electron chi connectivity index (χ1n) is 7.64. The van der Waals surface area contributed by atoms with E-state index >= 15 is 0 Å². The number of hydrogen-bond acceptors (Lipinski definition) is 2. The van der Waals surface area contributed by atoms with Gasteiger partial charge in [0.2, 0.25) is 5.91 Å². The molecule has 1 fully saturated rings. The number of likely N-dealkylation sites (tertiary alicyclic amines) is 1. The summed E-state index contributed by atoms with van der Waals surface area (Å²) in [4.78, 5) is 25.9. The number of rotatable bonds is 4. The largest absolute Gasteiger partial charge is 0.481 e. The molecule has 1 heterocycles. The van der Waals surface area contributed by atoms with Gasteiger partial charge >= 0.3 is 5.97 Å². The van der Waals surface area contributed by atoms with E-state index < -0.39 is 11.9 Å². The topological polar surface area (TPSA) is 57.6 Å². The lowest BCUT2D eigenvalue weighted by molar-refractivity contribution is -0.149. The second-order valence-corrected chi connectivity index (χ2v) is 5.73. The molecule has 1 unspecified atom stereocenters. The van der Waals surface area contributed by atoms with Gasteiger partial charge in [-0.1, -0.05) is 37.3 Å². The zero-order chi connectivity index (χ0) is 15.4. The molecule has 2 rings (SSSR count). The first-order chi connectivity index (χ1) is 10.1. The van der Waals surface area contributed by atoms with Gasteiger partial charge in [0.25, 0.3) is 0 Å². The maximum absolute atomic E-state index is 12.8. The van der Waals surface area contributed by atoms with Gasteiger partial charge in [-0.2, -0.15) is 0 Å². The van der Waals surface area contributed by atoms with Crippen LogP contribution in [0.5, 0.6) is 0 Å². The third-order valence-corrected chi connectivity index (χ3v) is 4.50. The Morgan fingerprint density at radius 3 is 2.57 bits per heavy atom. The minimum absolute atomic E-state index is 0.0575. The van der Waals surface area contributed by atoms with Gasteiger partial charge in [0.1, 0.15) is 0 Å². The zero-order valence-corrected chi connectivity index (χ0v) is 12.7. The van der Waals surface area contributed by atoms with Crippen molar-refractivity contribution >= 4 is 11.9 Å². The molecule has 4 nitrogen and oxygen atoms in total. The van der Waals surface area contributed by atoms with Crippen LogP contribution < -0.4 is 0 Å². The molecule has 0 aromatic heterocycles. The Morgan fingerprint density at radius 1 is 1.33 bits per heavy atom. The van der Waals surface area contributed by atoms with Crippen molar-refractivity contribution in [1.82, 2.24) is 4.90 Å². The van der Waals surface area contributed by atoms with Crippen LogP contribution in [-0.2, 0) is 9.59 Å². The molecule has 1 saturated heterocycles. The number of benzene rings is 1. The molecule has 1 amide bonds. The third kappa shape index (κ3) is 3.26. The average Bonchev–Trinajstić information content (AvgIpc) is 2.49. The summed E-state index contributed by atoms with van der Waals surface area (Å²) in [5.74, 6) is -1.37. The zero-order valence-electron chi connectivity index (χ0n) is 12.7. The van der Waals surface area contributed by atoms with Crippen LogP contribution in [0.15, 0.2) is 30.3 Å². The molecule has 1 aromatic carbocycles. The van der Waals surface area contributed by atoms with E-state index in [2.05, 4.69) is 0 Å². The fraction of sp³-hybridized carbons (Fsp3) is 0.529. The molecule has 4 heteroatoms. The van der Waals surface area contributed by atoms with Gasteiger partial charge in [0.15, 0.2) is 0 Å². The average molecular weight is 289 g/mol. The molecule has 0 radical (unpaired) electrons. The van der Waals surface area contributed by atoms with Gasteiger partial charge in [0.05, 0.1) is 11.8 Å². The van der Waals surface area contributed by atoms with Crippen LogP contribution >= 0.6 is 0 Å². The Labute approximate surface area is 125 Å². The molecule has 0 aliphatic carbocycles. The van der Waals surface area contributed by atoms with E-state index in [0.29, 0.717) is 13.0 Å². The molecule has 1 N–H and O–H groups in total. The lowest BCUT2D eigenvalue weighted by Gasteiger charge is -2.39. The van der Waals surface area contributed by atoms with Crippen molar-refractivity contribution in [1.29, 1.82) is 0 Å². The summed E-state index contributed by atoms with van der Waals surface area (Å²) in [6, 6.07) is 9.51. The molecule has 0 spiro atoms. The first-order valence-corrected chi connectivity index (χ1v) is 7.64. The molecule has 1 aromatic rings. The Morgan fingerprint density at radius 2 is 2.00 bits per heavy atom. The van der Waals surface area contributed by atoms with Crippen molar-refractivity contribution in [3.05, 3.63) is 35.9 Å². The van der Waals surface area contributed by atoms with E-state index in [1.165, 1.54) is 0 Å². The van der Waals surface area contributed by atoms with E-state index in [4.69, 9.17) is 0 Å². The maximum Gasteiger partial charge on any atom is 0.308 e. The number of amides is 1. The first kappa shape index (κ1) is 15.5. The summed E-state index contributed by atoms with van der Waals surface area (Å²) in [7, 11) is 0. The van der Waals surface area contributed by atoms with Crippen molar-refractivity contribution in [3.63, 3.8) is 0 Å². The van der Waals surface area contributed by atoms with Crippen molar-refractivity contribution in [2.24, 2.45) is 5.92 Å². The van der Waals surface area contributed by atoms with Crippen molar-refractivity contribution in [3.8, 4) is 0 Å². The molecular formula is C17H23NO3. The Hall–Kier alpha value is -1.84. The van der Waals surface area contributed by atoms with Crippen molar-refractivity contribution in [2.75, 3.05) is 6.54 Å². The van der Waals surface area contributed by atoms with Gasteiger partial charge in [-0.05, 0) is 31.7 Å². The molecule has 1 aliphatic heterocycles. The van der Waals surface area contributed by atoms with E-state index in [9.17, 15) is 14.7 Å². The highest BCUT2D eigenvalue weighted by molar-refractivity contribution is 5.85. The lowest BCUT2D eigenvalue weighted by Crippen LogP contribution is -2.50. The minimum Gasteiger partial charge on any atom is -0.481 e. The molecule has 21 heavy (non-hydrogen) atoms. The Balaban J connectivity index is 2.19. The molecule has 0 saturated carbocycles. The predicted molar refractivity (Wildman–Crippen MR) is 81.0 cm³/mol. The maximum atomic E-state index is 12.8. The summed E-state index contributed by atoms with van der Waals surface area (Å²) < 4.78 is 0. The highest BCUT2D eigenvalue weighted by atomic mass is 16.4. The summed E-state index contributed by atoms with van der Waals surface area (Å²) in [6.07, 6.45) is 2.14. The summed E-state index contributed by atoms with van der Waals surface area (Å²) in [5, 5.41) is 9.28. The molecule has 114 valence electrons. The van der Waals surface area contributed by atoms with Crippen molar-refractivity contribution < 1.29 is 14.7 Å². The Bertz CT molecular complexity index is 500. The van der Waals surface area contributed by atoms with E-state index in [1.54, 1.807) is 4.90 Å². The normalized spacial score (nSPS) is 23.6. The number of carbonyl (C=O) groups is 2. The predicted octanol–water partition coefficient (Wildman–Crippen LogP) is 2.89. The number of hydrogen-bond donors (Lipinski definition) is 1. The molecular weight excluding hydrogens is 266 g/mol. The molecule has 0 bridgehead atoms. The highest BCUT2D eigenvalue weighted by Gasteiger charge is 2.37. The number of carbonyl (C=O) groups excluding carboxylic acids is 1. The molecule has 1 aliphatic rings. The fourth-order valence-corrected chi connectivity index (χ4v) is 3.22. The Kier molecular flexibility index (Phi) is 4.99. The number of nitrogens with zero attached hydrogens (tertiary/aromatic N) is 1. The van der Waals surface area contributed by atoms with E-state index in [1.807, 2.05) is 44.2 Å². The number of piperidine rings is 1. The number of carboxylic acid groups (broad SMARTS) is 1. The summed E-state index contributed by atoms with van der Waals surface area (Å²) in [6.45, 7) is 4.51. The minimum atomic E-state index is -0.798. The fourth-order valence-electron chi connectivity index (χ4n) is 3.22. The van der Waals surface area contributed by atoms with Crippen LogP contribution in [0.3, 0.4) is 0 Å². The summed E-state index contributed by atoms with van der Waals surface area (Å²) in [5.41, 5.74) is 1.01. The van der Waals surface area contributed by atoms with Crippen LogP contribution in [0.1, 0.15) is 44.6 Å². The van der Waals surface area contributed by atoms with Crippen LogP contribution in [-0.4, -0.2) is 34.5 Å². The van der Waals surface area contributed by atoms with Gasteiger partial charge in [-0.15, -0.1) is 0 Å². The van der Waals surface area contributed by atoms with Crippen LogP contribution in [0, 0.1) is 5.92 Å². The van der Waals surface area contributed by atoms with Crippen LogP contribution in [0.4, 0.5) is 0 Å². The highest BCUT2D eigenvalue weighted by Crippen LogP contribution is 2.29. The van der Waals surface area contributed by atoms with E-state index in [0.717, 1.165) is 18.4 Å². The number of aliphatic carboxylic acids is 1. The second-order valence-electron chi connectivity index (χ2n) is 5.73. The second kappa shape index (κ2) is 6.74. The van der Waals surface area contributed by atoms with Gasteiger partial charge < -0.3 is 10.0 Å². The van der Waals surface area contributed by atoms with Crippen LogP contribution in [0.2, 0.25) is 0 Å². The quantitative estimate of drug-likeness (QED) is 0.927. The van der Waals surface area contributed by atoms with Gasteiger partial charge in [0, 0.05) is 12.6 Å².